The Bertz CT molecular complexity index is 658. The molecular weight excluding hydrogens is 334 g/mol. The fourth-order valence-corrected chi connectivity index (χ4v) is 2.96. The molecule has 2 heterocycles. The van der Waals surface area contributed by atoms with E-state index in [1.807, 2.05) is 39.0 Å². The number of hydrogen-bond acceptors (Lipinski definition) is 6. The molecule has 1 saturated heterocycles. The highest BCUT2D eigenvalue weighted by Crippen LogP contribution is 2.23. The summed E-state index contributed by atoms with van der Waals surface area (Å²) >= 11 is 0. The fourth-order valence-electron chi connectivity index (χ4n) is 2.96. The Kier molecular flexibility index (Phi) is 5.38. The summed E-state index contributed by atoms with van der Waals surface area (Å²) in [5, 5.41) is 9.11. The lowest BCUT2D eigenvalue weighted by Crippen LogP contribution is -2.50. The second-order valence-electron chi connectivity index (χ2n) is 7.52. The maximum absolute atomic E-state index is 12.1. The number of rotatable bonds is 3. The van der Waals surface area contributed by atoms with Crippen LogP contribution in [0.25, 0.3) is 5.70 Å². The van der Waals surface area contributed by atoms with E-state index in [2.05, 4.69) is 22.5 Å². The third-order valence-electron chi connectivity index (χ3n) is 4.33. The third kappa shape index (κ3) is 4.47. The van der Waals surface area contributed by atoms with Gasteiger partial charge in [-0.15, -0.1) is 0 Å². The quantitative estimate of drug-likeness (QED) is 0.858. The molecule has 1 fully saturated rings. The van der Waals surface area contributed by atoms with E-state index in [4.69, 9.17) is 14.7 Å². The summed E-state index contributed by atoms with van der Waals surface area (Å²) in [5.41, 5.74) is 5.37. The molecule has 0 aliphatic carbocycles. The van der Waals surface area contributed by atoms with Gasteiger partial charge in [-0.05, 0) is 44.5 Å². The van der Waals surface area contributed by atoms with Gasteiger partial charge in [0.2, 0.25) is 0 Å². The van der Waals surface area contributed by atoms with Crippen LogP contribution in [-0.4, -0.2) is 60.6 Å². The first kappa shape index (κ1) is 18.5. The number of benzene rings is 1. The second kappa shape index (κ2) is 7.55. The summed E-state index contributed by atoms with van der Waals surface area (Å²) in [5.74, 6) is 0. The predicted octanol–water partition coefficient (Wildman–Crippen LogP) is 1.98. The highest BCUT2D eigenvalue weighted by Gasteiger charge is 2.26. The maximum Gasteiger partial charge on any atom is 0.410 e. The molecule has 0 bridgehead atoms. The molecule has 1 unspecified atom stereocenters. The van der Waals surface area contributed by atoms with Gasteiger partial charge in [0, 0.05) is 31.9 Å². The van der Waals surface area contributed by atoms with Crippen LogP contribution in [0.2, 0.25) is 0 Å². The van der Waals surface area contributed by atoms with Crippen molar-refractivity contribution >= 4 is 17.5 Å². The van der Waals surface area contributed by atoms with Crippen LogP contribution in [-0.2, 0) is 9.57 Å². The number of hydrogen-bond donors (Lipinski definition) is 2. The summed E-state index contributed by atoms with van der Waals surface area (Å²) in [4.78, 5) is 21.4. The topological polar surface area (TPSA) is 74.3 Å². The number of carbonyl (C=O) groups excluding carboxylic acids is 1. The summed E-state index contributed by atoms with van der Waals surface area (Å²) in [6.07, 6.45) is 1.32. The molecule has 2 N–H and O–H groups in total. The molecular formula is C19H27N3O4. The molecule has 2 aliphatic rings. The number of hydroxylamine groups is 1. The smallest absolute Gasteiger partial charge is 0.410 e. The number of aliphatic hydroxyl groups is 1. The van der Waals surface area contributed by atoms with Crippen molar-refractivity contribution in [2.24, 2.45) is 0 Å². The van der Waals surface area contributed by atoms with Crippen LogP contribution in [0.3, 0.4) is 0 Å². The van der Waals surface area contributed by atoms with Gasteiger partial charge in [-0.25, -0.2) is 4.79 Å². The van der Waals surface area contributed by atoms with Crippen molar-refractivity contribution in [1.82, 2.24) is 10.4 Å². The molecule has 2 aliphatic heterocycles. The monoisotopic (exact) mass is 361 g/mol. The van der Waals surface area contributed by atoms with Gasteiger partial charge in [-0.2, -0.15) is 0 Å². The zero-order valence-corrected chi connectivity index (χ0v) is 15.6. The zero-order chi connectivity index (χ0) is 18.7. The summed E-state index contributed by atoms with van der Waals surface area (Å²) in [6, 6.07) is 8.18. The number of nitrogens with one attached hydrogen (secondary N) is 1. The van der Waals surface area contributed by atoms with E-state index in [-0.39, 0.29) is 18.8 Å². The molecule has 7 heteroatoms. The Morgan fingerprint density at radius 2 is 1.88 bits per heavy atom. The number of anilines is 1. The molecule has 26 heavy (non-hydrogen) atoms. The molecule has 1 aromatic rings. The predicted molar refractivity (Wildman–Crippen MR) is 99.5 cm³/mol. The van der Waals surface area contributed by atoms with Crippen molar-refractivity contribution in [1.29, 1.82) is 0 Å². The van der Waals surface area contributed by atoms with Crippen molar-refractivity contribution in [2.45, 2.75) is 32.5 Å². The highest BCUT2D eigenvalue weighted by atomic mass is 16.7. The molecule has 0 aromatic heterocycles. The van der Waals surface area contributed by atoms with Crippen molar-refractivity contribution in [3.8, 4) is 0 Å². The van der Waals surface area contributed by atoms with Gasteiger partial charge in [-0.1, -0.05) is 12.1 Å². The van der Waals surface area contributed by atoms with Crippen molar-refractivity contribution in [3.63, 3.8) is 0 Å². The standard InChI is InChI=1S/C19H27N3O4/c1-19(2,3)25-18(24)22-10-8-21(9-11-22)15-6-4-14(5-7-15)17-12-16(13-23)26-20-17/h4-7,12,16,20,23H,8-11,13H2,1-3H3. The van der Waals surface area contributed by atoms with Gasteiger partial charge in [0.1, 0.15) is 11.7 Å². The third-order valence-corrected chi connectivity index (χ3v) is 4.33. The molecule has 3 rings (SSSR count). The number of nitrogens with zero attached hydrogens (tertiary/aromatic N) is 2. The molecule has 7 nitrogen and oxygen atoms in total. The molecule has 1 amide bonds. The first-order valence-electron chi connectivity index (χ1n) is 8.93. The molecule has 0 spiro atoms. The van der Waals surface area contributed by atoms with E-state index in [1.54, 1.807) is 4.90 Å². The average molecular weight is 361 g/mol. The van der Waals surface area contributed by atoms with Gasteiger partial charge >= 0.3 is 6.09 Å². The van der Waals surface area contributed by atoms with Gasteiger partial charge < -0.3 is 19.6 Å². The minimum atomic E-state index is -0.467. The second-order valence-corrected chi connectivity index (χ2v) is 7.52. The minimum absolute atomic E-state index is 0.0451. The van der Waals surface area contributed by atoms with Crippen LogP contribution in [0.15, 0.2) is 30.3 Å². The Morgan fingerprint density at radius 3 is 2.42 bits per heavy atom. The normalized spacial score (nSPS) is 20.6. The van der Waals surface area contributed by atoms with E-state index >= 15 is 0 Å². The van der Waals surface area contributed by atoms with Gasteiger partial charge in [0.05, 0.1) is 12.3 Å². The van der Waals surface area contributed by atoms with Crippen LogP contribution < -0.4 is 10.4 Å². The van der Waals surface area contributed by atoms with Crippen LogP contribution in [0, 0.1) is 0 Å². The maximum atomic E-state index is 12.1. The Hall–Kier alpha value is -2.25. The lowest BCUT2D eigenvalue weighted by molar-refractivity contribution is 0.0173. The van der Waals surface area contributed by atoms with Crippen LogP contribution in [0.5, 0.6) is 0 Å². The first-order chi connectivity index (χ1) is 12.4. The van der Waals surface area contributed by atoms with Gasteiger partial charge in [0.25, 0.3) is 0 Å². The Morgan fingerprint density at radius 1 is 1.23 bits per heavy atom. The van der Waals surface area contributed by atoms with E-state index in [9.17, 15) is 4.79 Å². The average Bonchev–Trinajstić information content (AvgIpc) is 3.10. The molecule has 142 valence electrons. The number of ether oxygens (including phenoxy) is 1. The van der Waals surface area contributed by atoms with E-state index in [0.29, 0.717) is 13.1 Å². The van der Waals surface area contributed by atoms with Crippen LogP contribution in [0.1, 0.15) is 26.3 Å². The molecule has 0 radical (unpaired) electrons. The summed E-state index contributed by atoms with van der Waals surface area (Å²) in [6.45, 7) is 8.44. The van der Waals surface area contributed by atoms with Crippen molar-refractivity contribution in [3.05, 3.63) is 35.9 Å². The summed E-state index contributed by atoms with van der Waals surface area (Å²) in [7, 11) is 0. The largest absolute Gasteiger partial charge is 0.444 e. The Labute approximate surface area is 154 Å². The minimum Gasteiger partial charge on any atom is -0.444 e. The lowest BCUT2D eigenvalue weighted by atomic mass is 10.1. The van der Waals surface area contributed by atoms with Crippen LogP contribution in [0.4, 0.5) is 10.5 Å². The Balaban J connectivity index is 1.56. The summed E-state index contributed by atoms with van der Waals surface area (Å²) < 4.78 is 5.43. The van der Waals surface area contributed by atoms with Gasteiger partial charge in [-0.3, -0.25) is 10.3 Å². The van der Waals surface area contributed by atoms with Crippen molar-refractivity contribution < 1.29 is 19.5 Å². The first-order valence-corrected chi connectivity index (χ1v) is 8.93. The van der Waals surface area contributed by atoms with E-state index in [1.165, 1.54) is 0 Å². The van der Waals surface area contributed by atoms with Crippen LogP contribution >= 0.6 is 0 Å². The molecule has 0 saturated carbocycles. The fraction of sp³-hybridized carbons (Fsp3) is 0.526. The number of piperazine rings is 1. The molecule has 1 aromatic carbocycles. The molecule has 1 atom stereocenters. The SMILES string of the molecule is CC(C)(C)OC(=O)N1CCN(c2ccc(C3=CC(CO)ON3)cc2)CC1. The lowest BCUT2D eigenvalue weighted by Gasteiger charge is -2.36. The number of carbonyl (C=O) groups is 1. The number of amides is 1. The van der Waals surface area contributed by atoms with E-state index in [0.717, 1.165) is 30.0 Å². The highest BCUT2D eigenvalue weighted by molar-refractivity contribution is 5.69. The zero-order valence-electron chi connectivity index (χ0n) is 15.6. The van der Waals surface area contributed by atoms with Gasteiger partial charge in [0.15, 0.2) is 0 Å². The number of aliphatic hydroxyl groups excluding tert-OH is 1. The van der Waals surface area contributed by atoms with E-state index < -0.39 is 5.60 Å². The van der Waals surface area contributed by atoms with Crippen molar-refractivity contribution in [2.75, 3.05) is 37.7 Å².